The Labute approximate surface area is 174 Å². The van der Waals surface area contributed by atoms with Crippen molar-refractivity contribution in [1.29, 1.82) is 0 Å². The topological polar surface area (TPSA) is 235 Å². The van der Waals surface area contributed by atoms with Crippen LogP contribution in [0, 0.1) is 5.92 Å². The van der Waals surface area contributed by atoms with E-state index in [-0.39, 0.29) is 11.9 Å². The van der Waals surface area contributed by atoms with Gasteiger partial charge in [-0.25, -0.2) is 4.79 Å². The first-order valence-electron chi connectivity index (χ1n) is 9.46. The zero-order chi connectivity index (χ0) is 23.4. The van der Waals surface area contributed by atoms with E-state index < -0.39 is 54.5 Å². The maximum absolute atomic E-state index is 12.3. The van der Waals surface area contributed by atoms with E-state index in [2.05, 4.69) is 20.9 Å². The molecule has 0 fully saturated rings. The zero-order valence-electron chi connectivity index (χ0n) is 17.4. The lowest BCUT2D eigenvalue weighted by atomic mass is 10.0. The van der Waals surface area contributed by atoms with Crippen molar-refractivity contribution >= 4 is 29.7 Å². The maximum Gasteiger partial charge on any atom is 0.328 e. The van der Waals surface area contributed by atoms with Crippen LogP contribution in [0.25, 0.3) is 0 Å². The summed E-state index contributed by atoms with van der Waals surface area (Å²) >= 11 is 0. The summed E-state index contributed by atoms with van der Waals surface area (Å²) in [4.78, 5) is 51.3. The number of aliphatic carboxylic acids is 1. The molecule has 30 heavy (non-hydrogen) atoms. The normalized spacial score (nSPS) is 14.7. The third-order valence-corrected chi connectivity index (χ3v) is 4.04. The number of hydrogen-bond acceptors (Lipinski definition) is 7. The highest BCUT2D eigenvalue weighted by Crippen LogP contribution is 2.04. The number of aliphatic imine (C=N–C) groups is 1. The Morgan fingerprint density at radius 3 is 2.07 bits per heavy atom. The fraction of sp³-hybridized carbons (Fsp3) is 0.706. The first-order valence-corrected chi connectivity index (χ1v) is 9.46. The molecule has 4 unspecified atom stereocenters. The van der Waals surface area contributed by atoms with Crippen molar-refractivity contribution in [2.24, 2.45) is 28.1 Å². The molecule has 13 heteroatoms. The molecule has 0 aromatic carbocycles. The van der Waals surface area contributed by atoms with E-state index >= 15 is 0 Å². The van der Waals surface area contributed by atoms with Gasteiger partial charge in [0.15, 0.2) is 12.0 Å². The summed E-state index contributed by atoms with van der Waals surface area (Å²) in [6, 6.07) is -3.45. The van der Waals surface area contributed by atoms with E-state index in [1.54, 1.807) is 13.8 Å². The average molecular weight is 431 g/mol. The molecule has 0 saturated carbocycles. The minimum Gasteiger partial charge on any atom is -0.480 e. The highest BCUT2D eigenvalue weighted by atomic mass is 16.4. The minimum absolute atomic E-state index is 0.0587. The van der Waals surface area contributed by atoms with Gasteiger partial charge in [0.1, 0.15) is 6.04 Å². The van der Waals surface area contributed by atoms with Crippen molar-refractivity contribution in [2.45, 2.75) is 57.8 Å². The molecule has 0 aliphatic heterocycles. The summed E-state index contributed by atoms with van der Waals surface area (Å²) < 4.78 is 0. The number of guanidine groups is 1. The monoisotopic (exact) mass is 431 g/mol. The molecule has 0 aliphatic rings. The predicted octanol–water partition coefficient (Wildman–Crippen LogP) is -3.43. The number of aliphatic hydroxyl groups is 1. The molecule has 0 heterocycles. The van der Waals surface area contributed by atoms with Crippen molar-refractivity contribution < 1.29 is 29.4 Å². The summed E-state index contributed by atoms with van der Waals surface area (Å²) in [5.41, 5.74) is 16.1. The van der Waals surface area contributed by atoms with Crippen LogP contribution < -0.4 is 33.2 Å². The lowest BCUT2D eigenvalue weighted by Gasteiger charge is -2.25. The number of nitrogens with one attached hydrogen (secondary N) is 3. The van der Waals surface area contributed by atoms with Gasteiger partial charge in [0.05, 0.1) is 18.7 Å². The molecule has 0 aromatic heterocycles. The van der Waals surface area contributed by atoms with Crippen LogP contribution in [0.4, 0.5) is 0 Å². The van der Waals surface area contributed by atoms with E-state index in [4.69, 9.17) is 22.3 Å². The average Bonchev–Trinajstić information content (AvgIpc) is 2.64. The number of carbonyl (C=O) groups excluding carboxylic acids is 3. The Morgan fingerprint density at radius 2 is 1.60 bits per heavy atom. The summed E-state index contributed by atoms with van der Waals surface area (Å²) in [5, 5.41) is 25.5. The second kappa shape index (κ2) is 13.3. The number of carbonyl (C=O) groups is 4. The summed E-state index contributed by atoms with van der Waals surface area (Å²) in [6.45, 7) is 4.41. The van der Waals surface area contributed by atoms with Gasteiger partial charge in [0.25, 0.3) is 0 Å². The molecule has 4 atom stereocenters. The Kier molecular flexibility index (Phi) is 12.0. The Balaban J connectivity index is 4.64. The highest BCUT2D eigenvalue weighted by Gasteiger charge is 2.31. The molecule has 0 radical (unpaired) electrons. The van der Waals surface area contributed by atoms with Gasteiger partial charge in [-0.15, -0.1) is 0 Å². The number of carboxylic acid groups (broad SMARTS) is 1. The highest BCUT2D eigenvalue weighted by molar-refractivity contribution is 5.92. The first kappa shape index (κ1) is 27.1. The Hall–Kier alpha value is -2.93. The molecule has 0 aliphatic carbocycles. The summed E-state index contributed by atoms with van der Waals surface area (Å²) in [6.07, 6.45) is -0.554. The smallest absolute Gasteiger partial charge is 0.328 e. The third kappa shape index (κ3) is 10.6. The SMILES string of the molecule is CC(C)C(NC(=O)CNC(=O)C(N)CCCN=C(N)N)C(=O)NC(C(=O)O)C(C)O. The van der Waals surface area contributed by atoms with Crippen LogP contribution in [-0.2, 0) is 19.2 Å². The number of carboxylic acids is 1. The summed E-state index contributed by atoms with van der Waals surface area (Å²) in [7, 11) is 0. The fourth-order valence-electron chi connectivity index (χ4n) is 2.34. The van der Waals surface area contributed by atoms with Crippen LogP contribution in [0.2, 0.25) is 0 Å². The van der Waals surface area contributed by atoms with Gasteiger partial charge in [-0.05, 0) is 25.7 Å². The van der Waals surface area contributed by atoms with Gasteiger partial charge in [-0.1, -0.05) is 13.8 Å². The van der Waals surface area contributed by atoms with Crippen LogP contribution in [0.15, 0.2) is 4.99 Å². The Morgan fingerprint density at radius 1 is 1.00 bits per heavy atom. The number of aliphatic hydroxyl groups excluding tert-OH is 1. The second-order valence-electron chi connectivity index (χ2n) is 7.13. The van der Waals surface area contributed by atoms with Crippen molar-refractivity contribution in [2.75, 3.05) is 13.1 Å². The van der Waals surface area contributed by atoms with Gasteiger partial charge in [0, 0.05) is 6.54 Å². The molecular weight excluding hydrogens is 398 g/mol. The van der Waals surface area contributed by atoms with Crippen LogP contribution >= 0.6 is 0 Å². The van der Waals surface area contributed by atoms with E-state index in [1.165, 1.54) is 6.92 Å². The van der Waals surface area contributed by atoms with Crippen LogP contribution in [0.5, 0.6) is 0 Å². The number of hydrogen-bond donors (Lipinski definition) is 8. The minimum atomic E-state index is -1.52. The van der Waals surface area contributed by atoms with E-state index in [0.717, 1.165) is 0 Å². The van der Waals surface area contributed by atoms with Gasteiger partial charge in [-0.3, -0.25) is 19.4 Å². The number of amides is 3. The molecule has 0 rings (SSSR count). The van der Waals surface area contributed by atoms with Crippen LogP contribution in [-0.4, -0.2) is 77.2 Å². The van der Waals surface area contributed by atoms with Gasteiger partial charge in [0.2, 0.25) is 17.7 Å². The molecule has 11 N–H and O–H groups in total. The van der Waals surface area contributed by atoms with Crippen LogP contribution in [0.1, 0.15) is 33.6 Å². The Bertz CT molecular complexity index is 634. The lowest BCUT2D eigenvalue weighted by Crippen LogP contribution is -2.57. The molecular formula is C17H33N7O6. The quantitative estimate of drug-likeness (QED) is 0.0821. The lowest BCUT2D eigenvalue weighted by molar-refractivity contribution is -0.145. The van der Waals surface area contributed by atoms with Crippen molar-refractivity contribution in [3.63, 3.8) is 0 Å². The first-order chi connectivity index (χ1) is 13.9. The van der Waals surface area contributed by atoms with Gasteiger partial charge in [-0.2, -0.15) is 0 Å². The van der Waals surface area contributed by atoms with E-state index in [1.807, 2.05) is 0 Å². The molecule has 172 valence electrons. The third-order valence-electron chi connectivity index (χ3n) is 4.04. The molecule has 0 bridgehead atoms. The van der Waals surface area contributed by atoms with Crippen molar-refractivity contribution in [1.82, 2.24) is 16.0 Å². The number of nitrogens with zero attached hydrogens (tertiary/aromatic N) is 1. The fourth-order valence-corrected chi connectivity index (χ4v) is 2.34. The molecule has 3 amide bonds. The van der Waals surface area contributed by atoms with E-state index in [0.29, 0.717) is 19.4 Å². The molecule has 0 spiro atoms. The number of nitrogens with two attached hydrogens (primary N) is 3. The largest absolute Gasteiger partial charge is 0.480 e. The molecule has 0 aromatic rings. The maximum atomic E-state index is 12.3. The van der Waals surface area contributed by atoms with Gasteiger partial charge >= 0.3 is 5.97 Å². The van der Waals surface area contributed by atoms with Gasteiger partial charge < -0.3 is 43.4 Å². The standard InChI is InChI=1S/C17H33N7O6/c1-8(2)12(15(28)24-13(9(3)25)16(29)30)23-11(26)7-22-14(27)10(18)5-4-6-21-17(19)20/h8-10,12-13,25H,4-7,18H2,1-3H3,(H,22,27)(H,23,26)(H,24,28)(H,29,30)(H4,19,20,21). The molecule has 0 saturated heterocycles. The zero-order valence-corrected chi connectivity index (χ0v) is 17.4. The van der Waals surface area contributed by atoms with Crippen LogP contribution in [0.3, 0.4) is 0 Å². The predicted molar refractivity (Wildman–Crippen MR) is 109 cm³/mol. The van der Waals surface area contributed by atoms with Crippen molar-refractivity contribution in [3.05, 3.63) is 0 Å². The van der Waals surface area contributed by atoms with Crippen molar-refractivity contribution in [3.8, 4) is 0 Å². The molecule has 13 nitrogen and oxygen atoms in total. The van der Waals surface area contributed by atoms with E-state index in [9.17, 15) is 24.3 Å². The number of rotatable bonds is 13. The second-order valence-corrected chi connectivity index (χ2v) is 7.13. The summed E-state index contributed by atoms with van der Waals surface area (Å²) in [5.74, 6) is -3.83.